The molecule has 6 aromatic rings. The molecule has 8 aliphatic rings. The number of sulfone groups is 1. The zero-order chi connectivity index (χ0) is 69.5. The minimum absolute atomic E-state index is 0.0529. The lowest BCUT2D eigenvalue weighted by atomic mass is 9.78. The second-order valence-electron chi connectivity index (χ2n) is 27.4. The molecule has 6 atom stereocenters. The number of aromatic nitrogens is 3. The average Bonchev–Trinajstić information content (AvgIpc) is 1.34. The van der Waals surface area contributed by atoms with Crippen LogP contribution in [0.3, 0.4) is 0 Å². The Kier molecular flexibility index (Phi) is 22.1. The van der Waals surface area contributed by atoms with Gasteiger partial charge in [-0.2, -0.15) is 26.3 Å². The first kappa shape index (κ1) is 70.3. The zero-order valence-corrected chi connectivity index (χ0v) is 57.3. The van der Waals surface area contributed by atoms with E-state index in [0.717, 1.165) is 121 Å². The highest BCUT2D eigenvalue weighted by atomic mass is 32.2. The summed E-state index contributed by atoms with van der Waals surface area (Å²) in [5.74, 6) is 6.59. The second-order valence-corrected chi connectivity index (χ2v) is 29.6. The van der Waals surface area contributed by atoms with Crippen LogP contribution >= 0.6 is 0 Å². The molecule has 8 fully saturated rings. The molecule has 8 saturated heterocycles. The van der Waals surface area contributed by atoms with Crippen LogP contribution in [0.1, 0.15) is 190 Å². The normalized spacial score (nSPS) is 23.4. The fourth-order valence-corrected chi connectivity index (χ4v) is 17.3. The number of hydrogen-bond acceptors (Lipinski definition) is 16. The first-order chi connectivity index (χ1) is 47.2. The fourth-order valence-electron chi connectivity index (χ4n) is 16.6. The van der Waals surface area contributed by atoms with Gasteiger partial charge in [0.05, 0.1) is 96.8 Å². The van der Waals surface area contributed by atoms with E-state index in [0.29, 0.717) is 128 Å². The van der Waals surface area contributed by atoms with E-state index in [1.54, 1.807) is 36.4 Å². The molecule has 0 saturated carbocycles. The van der Waals surface area contributed by atoms with Gasteiger partial charge in [0.25, 0.3) is 0 Å². The summed E-state index contributed by atoms with van der Waals surface area (Å²) in [6.07, 6.45) is 18.6. The molecular formula is C78H85N11O8S. The molecule has 8 aliphatic heterocycles. The standard InChI is InChI=1S/C27H26N4O2.C26H33N3O4S.C25H26N4O2/c1-18-26(27(32)17-30-22-11-24-13-23(30)14-25(12-22)33-24)15-21(5-3-2-4-10-28)31(18)20-8-6-19(16-29)7-9-20;1-17-22(6-4-5-13-34(3,32)33)26(18(2)29(17)20-9-7-19(15-27)8-10-20)25(31)16-28-21-11-12-23(28)24(30)14-21;1-17-22(25(31)16-28-20-10-11-23(28)24(30)14-20)13-21(5-3-2-4-12-26)29(17)19-8-6-18(15-27)7-9-19/h6-9,15,22-25H,2,4,11-14,17H2,1H3;7-10,21,23-24,30H,4-6,11-14,16H2,1-3H3;3,5-9,13,20,23-24,30H,2,4,10-11,14,16H2,1H3/b;;5-3+/t;21?,23?,24-;20?,23?,24-/m.00/s1. The van der Waals surface area contributed by atoms with E-state index >= 15 is 0 Å². The van der Waals surface area contributed by atoms with Gasteiger partial charge in [0.15, 0.2) is 17.3 Å². The molecule has 11 heterocycles. The third-order valence-corrected chi connectivity index (χ3v) is 22.2. The Bertz CT molecular complexity index is 4390. The van der Waals surface area contributed by atoms with Crippen molar-refractivity contribution in [3.8, 4) is 59.2 Å². The summed E-state index contributed by atoms with van der Waals surface area (Å²) in [4.78, 5) is 47.2. The number of ether oxygens (including phenoxy) is 1. The van der Waals surface area contributed by atoms with E-state index in [1.165, 1.54) is 6.26 Å². The SMILES string of the molecule is Cc1c(C(=O)CN2C3CC4CC2CC(C3)O4)cc(C#CCCC#N)n1-c1ccc(C#N)cc1.Cc1c(C(=O)CN2C3CCC2[C@@H](O)C3)cc(/C=C/CCC#N)n1-c1ccc(C#N)cc1.Cc1c(CCCCS(C)(=O)=O)c(C(=O)CN2C3CCC2[C@@H](O)C3)c(C)n1-c1ccc(C#N)cc1. The van der Waals surface area contributed by atoms with Crippen LogP contribution in [0.15, 0.2) is 91.0 Å². The number of carbonyl (C=O) groups is 3. The predicted octanol–water partition coefficient (Wildman–Crippen LogP) is 10.8. The number of nitriles is 5. The number of carbonyl (C=O) groups excluding carboxylic acids is 3. The van der Waals surface area contributed by atoms with Crippen molar-refractivity contribution in [2.45, 2.75) is 198 Å². The first-order valence-corrected chi connectivity index (χ1v) is 36.4. The molecule has 0 radical (unpaired) electrons. The van der Waals surface area contributed by atoms with Crippen LogP contribution in [0.25, 0.3) is 23.1 Å². The lowest BCUT2D eigenvalue weighted by molar-refractivity contribution is -0.179. The Morgan fingerprint density at radius 2 is 1.03 bits per heavy atom. The molecule has 2 N–H and O–H groups in total. The summed E-state index contributed by atoms with van der Waals surface area (Å²) in [5, 5.41) is 65.5. The van der Waals surface area contributed by atoms with Gasteiger partial charge in [-0.25, -0.2) is 8.42 Å². The quantitative estimate of drug-likeness (QED) is 0.0385. The van der Waals surface area contributed by atoms with Crippen LogP contribution < -0.4 is 0 Å². The summed E-state index contributed by atoms with van der Waals surface area (Å²) >= 11 is 0. The summed E-state index contributed by atoms with van der Waals surface area (Å²) in [6, 6.07) is 38.0. The van der Waals surface area contributed by atoms with Crippen LogP contribution in [0.2, 0.25) is 0 Å². The second kappa shape index (κ2) is 30.8. The zero-order valence-electron chi connectivity index (χ0n) is 56.5. The number of nitrogens with zero attached hydrogens (tertiary/aromatic N) is 11. The molecule has 4 unspecified atom stereocenters. The Labute approximate surface area is 575 Å². The van der Waals surface area contributed by atoms with Crippen LogP contribution in [-0.4, -0.2) is 157 Å². The molecule has 20 heteroatoms. The maximum Gasteiger partial charge on any atom is 0.178 e. The maximum atomic E-state index is 13.7. The highest BCUT2D eigenvalue weighted by molar-refractivity contribution is 7.90. The van der Waals surface area contributed by atoms with Gasteiger partial charge in [-0.1, -0.05) is 12.0 Å². The predicted molar refractivity (Wildman–Crippen MR) is 371 cm³/mol. The van der Waals surface area contributed by atoms with Crippen molar-refractivity contribution >= 4 is 33.3 Å². The number of hydrogen-bond donors (Lipinski definition) is 2. The third kappa shape index (κ3) is 15.3. The molecule has 98 heavy (non-hydrogen) atoms. The van der Waals surface area contributed by atoms with Crippen molar-refractivity contribution in [3.05, 3.63) is 164 Å². The number of unbranched alkanes of at least 4 members (excludes halogenated alkanes) is 3. The van der Waals surface area contributed by atoms with Crippen molar-refractivity contribution in [1.82, 2.24) is 28.4 Å². The summed E-state index contributed by atoms with van der Waals surface area (Å²) in [7, 11) is -3.02. The molecular weight excluding hydrogens is 1250 g/mol. The maximum absolute atomic E-state index is 13.7. The van der Waals surface area contributed by atoms with Gasteiger partial charge in [0.1, 0.15) is 9.84 Å². The summed E-state index contributed by atoms with van der Waals surface area (Å²) < 4.78 is 35.2. The molecule has 14 rings (SSSR count). The van der Waals surface area contributed by atoms with E-state index in [1.807, 2.05) is 97.5 Å². The van der Waals surface area contributed by atoms with Gasteiger partial charge >= 0.3 is 0 Å². The lowest BCUT2D eigenvalue weighted by Gasteiger charge is -2.56. The van der Waals surface area contributed by atoms with E-state index in [-0.39, 0.29) is 53.4 Å². The Hall–Kier alpha value is -9.03. The topological polar surface area (TPSA) is 278 Å². The lowest BCUT2D eigenvalue weighted by Crippen LogP contribution is -2.63. The number of piperidine rings is 2. The number of fused-ring (bicyclic) bond motifs is 4. The van der Waals surface area contributed by atoms with Crippen molar-refractivity contribution in [2.75, 3.05) is 31.6 Å². The minimum Gasteiger partial charge on any atom is -0.391 e. The molecule has 19 nitrogen and oxygen atoms in total. The molecule has 3 aromatic heterocycles. The van der Waals surface area contributed by atoms with E-state index in [2.05, 4.69) is 61.5 Å². The summed E-state index contributed by atoms with van der Waals surface area (Å²) in [6.45, 7) is 8.87. The molecule has 0 aliphatic carbocycles. The van der Waals surface area contributed by atoms with Gasteiger partial charge in [-0.15, -0.1) is 0 Å². The largest absolute Gasteiger partial charge is 0.391 e. The van der Waals surface area contributed by atoms with Gasteiger partial charge in [0.2, 0.25) is 0 Å². The number of Topliss-reactive ketones (excluding diaryl/α,β-unsaturated/α-hetero) is 3. The van der Waals surface area contributed by atoms with E-state index in [4.69, 9.17) is 31.0 Å². The molecule has 0 amide bonds. The van der Waals surface area contributed by atoms with Gasteiger partial charge in [0, 0.05) is 130 Å². The third-order valence-electron chi connectivity index (χ3n) is 21.2. The highest BCUT2D eigenvalue weighted by Crippen LogP contribution is 2.44. The monoisotopic (exact) mass is 1340 g/mol. The van der Waals surface area contributed by atoms with E-state index < -0.39 is 9.84 Å². The number of allylic oxidation sites excluding steroid dienone is 1. The number of benzene rings is 3. The van der Waals surface area contributed by atoms with Crippen molar-refractivity contribution in [1.29, 1.82) is 26.3 Å². The number of ketones is 3. The molecule has 3 aromatic carbocycles. The summed E-state index contributed by atoms with van der Waals surface area (Å²) in [5.41, 5.74) is 12.5. The Balaban J connectivity index is 0.000000149. The minimum atomic E-state index is -3.02. The van der Waals surface area contributed by atoms with Crippen molar-refractivity contribution in [2.24, 2.45) is 0 Å². The van der Waals surface area contributed by atoms with Crippen molar-refractivity contribution in [3.63, 3.8) is 0 Å². The van der Waals surface area contributed by atoms with Gasteiger partial charge in [-0.3, -0.25) is 29.1 Å². The van der Waals surface area contributed by atoms with Crippen LogP contribution in [0.4, 0.5) is 0 Å². The van der Waals surface area contributed by atoms with Crippen molar-refractivity contribution < 1.29 is 37.8 Å². The van der Waals surface area contributed by atoms with Gasteiger partial charge in [-0.05, 0) is 220 Å². The first-order valence-electron chi connectivity index (χ1n) is 34.3. The smallest absolute Gasteiger partial charge is 0.178 e. The molecule has 506 valence electrons. The number of aliphatic hydroxyl groups excluding tert-OH is 2. The Morgan fingerprint density at radius 3 is 1.51 bits per heavy atom. The molecule has 8 bridgehead atoms. The molecule has 0 spiro atoms. The Morgan fingerprint density at radius 1 is 0.551 bits per heavy atom. The number of aliphatic hydroxyl groups is 2. The van der Waals surface area contributed by atoms with Crippen LogP contribution in [0.5, 0.6) is 0 Å². The van der Waals surface area contributed by atoms with Crippen LogP contribution in [-0.2, 0) is 21.0 Å². The highest BCUT2D eigenvalue weighted by Gasteiger charge is 2.50. The van der Waals surface area contributed by atoms with E-state index in [9.17, 15) is 33.0 Å². The number of rotatable bonds is 21. The van der Waals surface area contributed by atoms with Crippen LogP contribution in [0, 0.1) is 96.2 Å². The average molecular weight is 1340 g/mol. The fraction of sp³-hybridized carbons (Fsp3) is 0.462. The van der Waals surface area contributed by atoms with Gasteiger partial charge < -0.3 is 28.7 Å².